The van der Waals surface area contributed by atoms with Crippen LogP contribution in [0.15, 0.2) is 39.5 Å². The third kappa shape index (κ3) is 3.58. The Morgan fingerprint density at radius 3 is 2.89 bits per heavy atom. The molecule has 5 heteroatoms. The number of rotatable bonds is 6. The van der Waals surface area contributed by atoms with Gasteiger partial charge in [-0.25, -0.2) is 9.59 Å². The van der Waals surface area contributed by atoms with Crippen LogP contribution >= 0.6 is 0 Å². The Hall–Kier alpha value is -2.30. The summed E-state index contributed by atoms with van der Waals surface area (Å²) in [4.78, 5) is 21.1. The van der Waals surface area contributed by atoms with Crippen LogP contribution in [0, 0.1) is 0 Å². The van der Waals surface area contributed by atoms with E-state index in [1.165, 1.54) is 12.5 Å². The summed E-state index contributed by atoms with van der Waals surface area (Å²) in [7, 11) is 0. The van der Waals surface area contributed by atoms with Crippen molar-refractivity contribution in [3.05, 3.63) is 40.8 Å². The number of carbonyl (C=O) groups excluding carboxylic acids is 1. The maximum absolute atomic E-state index is 11.1. The molecule has 1 aromatic heterocycles. The summed E-state index contributed by atoms with van der Waals surface area (Å²) in [6.07, 6.45) is 0.322. The predicted molar refractivity (Wildman–Crippen MR) is 68.8 cm³/mol. The fraction of sp³-hybridized carbons (Fsp3) is 0.286. The lowest BCUT2D eigenvalue weighted by Gasteiger charge is -2.10. The van der Waals surface area contributed by atoms with Crippen LogP contribution in [0.1, 0.15) is 13.3 Å². The molecule has 0 aliphatic heterocycles. The topological polar surface area (TPSA) is 65.7 Å². The molecule has 1 unspecified atom stereocenters. The molecule has 0 aliphatic rings. The minimum Gasteiger partial charge on any atom is -0.493 e. The van der Waals surface area contributed by atoms with Crippen molar-refractivity contribution in [3.8, 4) is 5.75 Å². The number of hydrogen-bond donors (Lipinski definition) is 0. The normalized spacial score (nSPS) is 12.1. The van der Waals surface area contributed by atoms with Crippen molar-refractivity contribution in [3.63, 3.8) is 0 Å². The minimum atomic E-state index is -0.395. The second kappa shape index (κ2) is 6.04. The maximum atomic E-state index is 11.1. The SMILES string of the molecule is CC(CCOc1ccc2ccc(=O)oc2c1)O[C]=O. The van der Waals surface area contributed by atoms with E-state index in [1.807, 2.05) is 6.07 Å². The monoisotopic (exact) mass is 261 g/mol. The molecule has 19 heavy (non-hydrogen) atoms. The molecule has 5 nitrogen and oxygen atoms in total. The van der Waals surface area contributed by atoms with Gasteiger partial charge in [0.1, 0.15) is 17.4 Å². The molecule has 0 saturated heterocycles. The fourth-order valence-corrected chi connectivity index (χ4v) is 1.61. The molecule has 2 rings (SSSR count). The Kier molecular flexibility index (Phi) is 4.18. The molecule has 0 bridgehead atoms. The van der Waals surface area contributed by atoms with Crippen molar-refractivity contribution in [2.45, 2.75) is 19.4 Å². The van der Waals surface area contributed by atoms with Crippen LogP contribution in [-0.4, -0.2) is 19.2 Å². The van der Waals surface area contributed by atoms with E-state index in [2.05, 4.69) is 4.74 Å². The van der Waals surface area contributed by atoms with E-state index >= 15 is 0 Å². The molecular formula is C14H13O5. The van der Waals surface area contributed by atoms with Crippen molar-refractivity contribution in [1.82, 2.24) is 0 Å². The Morgan fingerprint density at radius 1 is 1.32 bits per heavy atom. The van der Waals surface area contributed by atoms with Crippen molar-refractivity contribution in [2.75, 3.05) is 6.61 Å². The Bertz CT molecular complexity index is 617. The molecule has 2 aromatic rings. The molecule has 1 atom stereocenters. The van der Waals surface area contributed by atoms with E-state index in [4.69, 9.17) is 9.15 Å². The van der Waals surface area contributed by atoms with E-state index in [9.17, 15) is 9.59 Å². The van der Waals surface area contributed by atoms with Gasteiger partial charge in [-0.15, -0.1) is 0 Å². The molecule has 0 amide bonds. The highest BCUT2D eigenvalue weighted by atomic mass is 16.5. The molecule has 1 aromatic carbocycles. The number of hydrogen-bond acceptors (Lipinski definition) is 5. The van der Waals surface area contributed by atoms with Gasteiger partial charge in [-0.1, -0.05) is 0 Å². The zero-order valence-corrected chi connectivity index (χ0v) is 10.4. The quantitative estimate of drug-likeness (QED) is 0.744. The van der Waals surface area contributed by atoms with E-state index < -0.39 is 5.63 Å². The minimum absolute atomic E-state index is 0.240. The summed E-state index contributed by atoms with van der Waals surface area (Å²) in [5.41, 5.74) is 0.0868. The molecule has 0 fully saturated rings. The molecule has 1 radical (unpaired) electrons. The average Bonchev–Trinajstić information content (AvgIpc) is 2.38. The summed E-state index contributed by atoms with van der Waals surface area (Å²) in [5.74, 6) is 0.601. The van der Waals surface area contributed by atoms with Gasteiger partial charge >= 0.3 is 12.1 Å². The third-order valence-electron chi connectivity index (χ3n) is 2.64. The summed E-state index contributed by atoms with van der Waals surface area (Å²) in [6.45, 7) is 3.54. The molecular weight excluding hydrogens is 248 g/mol. The number of ether oxygens (including phenoxy) is 2. The van der Waals surface area contributed by atoms with Gasteiger partial charge in [0, 0.05) is 23.9 Å². The van der Waals surface area contributed by atoms with Gasteiger partial charge < -0.3 is 13.9 Å². The molecule has 0 spiro atoms. The van der Waals surface area contributed by atoms with Crippen LogP contribution in [0.3, 0.4) is 0 Å². The largest absolute Gasteiger partial charge is 0.493 e. The fourth-order valence-electron chi connectivity index (χ4n) is 1.61. The van der Waals surface area contributed by atoms with Gasteiger partial charge in [-0.05, 0) is 25.1 Å². The smallest absolute Gasteiger partial charge is 0.417 e. The Morgan fingerprint density at radius 2 is 2.11 bits per heavy atom. The lowest BCUT2D eigenvalue weighted by atomic mass is 10.2. The zero-order chi connectivity index (χ0) is 13.7. The average molecular weight is 261 g/mol. The van der Waals surface area contributed by atoms with Crippen molar-refractivity contribution in [2.24, 2.45) is 0 Å². The van der Waals surface area contributed by atoms with Crippen LogP contribution in [0.25, 0.3) is 11.0 Å². The summed E-state index contributed by atoms with van der Waals surface area (Å²) < 4.78 is 15.2. The zero-order valence-electron chi connectivity index (χ0n) is 10.4. The van der Waals surface area contributed by atoms with Crippen LogP contribution in [-0.2, 0) is 9.53 Å². The molecule has 0 saturated carbocycles. The second-order valence-corrected chi connectivity index (χ2v) is 4.10. The molecule has 1 heterocycles. The lowest BCUT2D eigenvalue weighted by Crippen LogP contribution is -2.11. The first kappa shape index (κ1) is 13.1. The van der Waals surface area contributed by atoms with Crippen LogP contribution in [0.5, 0.6) is 5.75 Å². The van der Waals surface area contributed by atoms with Crippen molar-refractivity contribution >= 4 is 17.4 Å². The highest BCUT2D eigenvalue weighted by Crippen LogP contribution is 2.19. The predicted octanol–water partition coefficient (Wildman–Crippen LogP) is 2.03. The van der Waals surface area contributed by atoms with E-state index in [-0.39, 0.29) is 6.10 Å². The summed E-state index contributed by atoms with van der Waals surface area (Å²) in [6, 6.07) is 8.33. The van der Waals surface area contributed by atoms with Gasteiger partial charge in [-0.2, -0.15) is 0 Å². The van der Waals surface area contributed by atoms with Crippen molar-refractivity contribution in [1.29, 1.82) is 0 Å². The maximum Gasteiger partial charge on any atom is 0.417 e. The van der Waals surface area contributed by atoms with Gasteiger partial charge in [0.05, 0.1) is 6.61 Å². The van der Waals surface area contributed by atoms with Crippen molar-refractivity contribution < 1.29 is 18.7 Å². The molecule has 99 valence electrons. The number of benzene rings is 1. The Balaban J connectivity index is 2.01. The van der Waals surface area contributed by atoms with Gasteiger partial charge in [0.25, 0.3) is 0 Å². The lowest BCUT2D eigenvalue weighted by molar-refractivity contribution is 0.158. The number of fused-ring (bicyclic) bond motifs is 1. The van der Waals surface area contributed by atoms with E-state index in [0.717, 1.165) is 5.39 Å². The van der Waals surface area contributed by atoms with Crippen LogP contribution in [0.2, 0.25) is 0 Å². The van der Waals surface area contributed by atoms with Gasteiger partial charge in [-0.3, -0.25) is 0 Å². The van der Waals surface area contributed by atoms with Gasteiger partial charge in [0.15, 0.2) is 0 Å². The van der Waals surface area contributed by atoms with E-state index in [0.29, 0.717) is 24.4 Å². The second-order valence-electron chi connectivity index (χ2n) is 4.10. The standard InChI is InChI=1S/C14H13O5/c1-10(18-9-15)6-7-17-12-4-2-11-3-5-14(16)19-13(11)8-12/h2-5,8,10H,6-7H2,1H3. The first-order valence-corrected chi connectivity index (χ1v) is 5.88. The highest BCUT2D eigenvalue weighted by Gasteiger charge is 2.04. The summed E-state index contributed by atoms with van der Waals surface area (Å²) in [5, 5.41) is 0.833. The molecule has 0 aliphatic carbocycles. The van der Waals surface area contributed by atoms with Crippen LogP contribution in [0.4, 0.5) is 0 Å². The van der Waals surface area contributed by atoms with E-state index in [1.54, 1.807) is 25.1 Å². The van der Waals surface area contributed by atoms with Crippen LogP contribution < -0.4 is 10.4 Å². The first-order valence-electron chi connectivity index (χ1n) is 5.88. The van der Waals surface area contributed by atoms with Gasteiger partial charge in [0.2, 0.25) is 0 Å². The highest BCUT2D eigenvalue weighted by molar-refractivity contribution is 5.77. The summed E-state index contributed by atoms with van der Waals surface area (Å²) >= 11 is 0. The Labute approximate surface area is 109 Å². The molecule has 0 N–H and O–H groups in total. The third-order valence-corrected chi connectivity index (χ3v) is 2.64. The first-order chi connectivity index (χ1) is 9.19.